The molecule has 9 heteroatoms. The normalized spacial score (nSPS) is 26.9. The van der Waals surface area contributed by atoms with Gasteiger partial charge in [-0.25, -0.2) is 4.79 Å². The maximum atomic E-state index is 13.2. The Hall–Kier alpha value is -2.81. The fourth-order valence-electron chi connectivity index (χ4n) is 5.66. The van der Waals surface area contributed by atoms with Crippen LogP contribution in [0, 0.1) is 11.3 Å². The van der Waals surface area contributed by atoms with E-state index in [0.29, 0.717) is 30.9 Å². The Labute approximate surface area is 212 Å². The highest BCUT2D eigenvalue weighted by molar-refractivity contribution is 5.92. The molecule has 2 amide bonds. The summed E-state index contributed by atoms with van der Waals surface area (Å²) < 4.78 is 6.10. The number of amides is 2. The van der Waals surface area contributed by atoms with Gasteiger partial charge in [0.15, 0.2) is 11.5 Å². The predicted octanol–water partition coefficient (Wildman–Crippen LogP) is 2.65. The second kappa shape index (κ2) is 10.7. The second-order valence-corrected chi connectivity index (χ2v) is 11.0. The molecule has 9 nitrogen and oxygen atoms in total. The van der Waals surface area contributed by atoms with Crippen LogP contribution in [0.25, 0.3) is 0 Å². The molecule has 0 aromatic heterocycles. The third-order valence-corrected chi connectivity index (χ3v) is 8.48. The number of phenolic OH excluding ortho intramolecular Hbond substituents is 2. The van der Waals surface area contributed by atoms with Crippen LogP contribution in [-0.2, 0) is 25.5 Å². The van der Waals surface area contributed by atoms with Crippen molar-refractivity contribution >= 4 is 17.8 Å². The van der Waals surface area contributed by atoms with Crippen molar-refractivity contribution in [1.29, 1.82) is 0 Å². The quantitative estimate of drug-likeness (QED) is 0.316. The number of nitrogens with zero attached hydrogens (tertiary/aromatic N) is 1. The number of rotatable bonds is 8. The van der Waals surface area contributed by atoms with Gasteiger partial charge < -0.3 is 30.3 Å². The second-order valence-electron chi connectivity index (χ2n) is 11.0. The molecule has 1 aromatic carbocycles. The summed E-state index contributed by atoms with van der Waals surface area (Å²) in [6, 6.07) is 2.36. The molecule has 0 radical (unpaired) electrons. The molecule has 3 rings (SSSR count). The molecular formula is C27H40N2O7. The van der Waals surface area contributed by atoms with Crippen molar-refractivity contribution in [3.05, 3.63) is 23.8 Å². The molecule has 4 unspecified atom stereocenters. The van der Waals surface area contributed by atoms with Crippen molar-refractivity contribution in [3.8, 4) is 11.5 Å². The minimum Gasteiger partial charge on any atom is -0.504 e. The zero-order valence-corrected chi connectivity index (χ0v) is 21.9. The maximum Gasteiger partial charge on any atom is 0.329 e. The SMILES string of the molecule is CC[C@@H]1CCC(C)(OC(=O)C2CCCN2C(=O)C(C)NC(=O)C(O)Cc2ccc(O)c(O)c2)C1(C)C. The number of carbonyl (C=O) groups excluding carboxylic acids is 3. The van der Waals surface area contributed by atoms with Crippen molar-refractivity contribution < 1.29 is 34.4 Å². The number of aliphatic hydroxyl groups is 1. The van der Waals surface area contributed by atoms with Crippen LogP contribution in [0.4, 0.5) is 0 Å². The minimum atomic E-state index is -1.46. The van der Waals surface area contributed by atoms with Crippen LogP contribution < -0.4 is 5.32 Å². The molecule has 0 spiro atoms. The number of benzene rings is 1. The van der Waals surface area contributed by atoms with Gasteiger partial charge >= 0.3 is 5.97 Å². The number of phenols is 2. The fourth-order valence-corrected chi connectivity index (χ4v) is 5.66. The Morgan fingerprint density at radius 1 is 1.17 bits per heavy atom. The molecule has 2 fully saturated rings. The van der Waals surface area contributed by atoms with Gasteiger partial charge in [-0.3, -0.25) is 9.59 Å². The van der Waals surface area contributed by atoms with Gasteiger partial charge in [0.2, 0.25) is 11.8 Å². The van der Waals surface area contributed by atoms with Gasteiger partial charge in [-0.15, -0.1) is 0 Å². The topological polar surface area (TPSA) is 136 Å². The Kier molecular flexibility index (Phi) is 8.23. The minimum absolute atomic E-state index is 0.105. The lowest BCUT2D eigenvalue weighted by Gasteiger charge is -2.42. The highest BCUT2D eigenvalue weighted by atomic mass is 16.6. The Bertz CT molecular complexity index is 994. The molecule has 4 N–H and O–H groups in total. The molecule has 0 bridgehead atoms. The van der Waals surface area contributed by atoms with Gasteiger partial charge in [0.1, 0.15) is 23.8 Å². The van der Waals surface area contributed by atoms with E-state index in [-0.39, 0.29) is 23.3 Å². The number of nitrogens with one attached hydrogen (secondary N) is 1. The lowest BCUT2D eigenvalue weighted by molar-refractivity contribution is -0.176. The summed E-state index contributed by atoms with van der Waals surface area (Å²) in [6.07, 6.45) is 2.41. The molecule has 1 aliphatic carbocycles. The number of ether oxygens (including phenoxy) is 1. The predicted molar refractivity (Wildman–Crippen MR) is 133 cm³/mol. The van der Waals surface area contributed by atoms with E-state index >= 15 is 0 Å². The molecule has 200 valence electrons. The van der Waals surface area contributed by atoms with Crippen molar-refractivity contribution in [2.75, 3.05) is 6.54 Å². The zero-order valence-electron chi connectivity index (χ0n) is 21.9. The fraction of sp³-hybridized carbons (Fsp3) is 0.667. The monoisotopic (exact) mass is 504 g/mol. The molecule has 1 aromatic rings. The number of aliphatic hydroxyl groups excluding tert-OH is 1. The largest absolute Gasteiger partial charge is 0.504 e. The average molecular weight is 505 g/mol. The smallest absolute Gasteiger partial charge is 0.329 e. The molecule has 1 saturated heterocycles. The van der Waals surface area contributed by atoms with E-state index in [1.54, 1.807) is 0 Å². The Morgan fingerprint density at radius 3 is 2.47 bits per heavy atom. The number of hydrogen-bond acceptors (Lipinski definition) is 7. The zero-order chi connectivity index (χ0) is 26.8. The number of esters is 1. The molecular weight excluding hydrogens is 464 g/mol. The van der Waals surface area contributed by atoms with Crippen LogP contribution in [0.2, 0.25) is 0 Å². The van der Waals surface area contributed by atoms with Crippen LogP contribution in [0.3, 0.4) is 0 Å². The van der Waals surface area contributed by atoms with Gasteiger partial charge in [0, 0.05) is 18.4 Å². The van der Waals surface area contributed by atoms with Crippen molar-refractivity contribution in [2.45, 2.75) is 96.9 Å². The number of likely N-dealkylation sites (tertiary alicyclic amines) is 1. The van der Waals surface area contributed by atoms with E-state index in [4.69, 9.17) is 4.74 Å². The first-order valence-electron chi connectivity index (χ1n) is 12.8. The molecule has 1 aliphatic heterocycles. The van der Waals surface area contributed by atoms with Crippen LogP contribution in [0.1, 0.15) is 72.3 Å². The van der Waals surface area contributed by atoms with Gasteiger partial charge in [-0.1, -0.05) is 33.3 Å². The van der Waals surface area contributed by atoms with Gasteiger partial charge in [-0.05, 0) is 63.1 Å². The summed E-state index contributed by atoms with van der Waals surface area (Å²) in [6.45, 7) is 10.3. The first kappa shape index (κ1) is 27.8. The summed E-state index contributed by atoms with van der Waals surface area (Å²) in [5, 5.41) is 31.8. The lowest BCUT2D eigenvalue weighted by Crippen LogP contribution is -2.54. The summed E-state index contributed by atoms with van der Waals surface area (Å²) in [5.74, 6) is -1.74. The highest BCUT2D eigenvalue weighted by Crippen LogP contribution is 2.53. The molecule has 36 heavy (non-hydrogen) atoms. The van der Waals surface area contributed by atoms with E-state index in [2.05, 4.69) is 26.1 Å². The molecule has 2 aliphatic rings. The van der Waals surface area contributed by atoms with Gasteiger partial charge in [-0.2, -0.15) is 0 Å². The summed E-state index contributed by atoms with van der Waals surface area (Å²) in [4.78, 5) is 40.4. The van der Waals surface area contributed by atoms with Crippen molar-refractivity contribution in [2.24, 2.45) is 11.3 Å². The van der Waals surface area contributed by atoms with Crippen LogP contribution in [0.5, 0.6) is 11.5 Å². The number of carbonyl (C=O) groups is 3. The van der Waals surface area contributed by atoms with E-state index in [0.717, 1.165) is 19.3 Å². The maximum absolute atomic E-state index is 13.2. The standard InChI is InChI=1S/C27H40N2O7/c1-6-18-11-12-27(5,26(18,3)4)36-25(35)19-8-7-13-29(19)24(34)16(2)28-23(33)22(32)15-17-9-10-20(30)21(31)14-17/h9-10,14,16,18-19,22,30-32H,6-8,11-13,15H2,1-5H3,(H,28,33)/t16?,18-,19?,22?,27?/m1/s1. The van der Waals surface area contributed by atoms with Gasteiger partial charge in [0.05, 0.1) is 0 Å². The van der Waals surface area contributed by atoms with Crippen LogP contribution >= 0.6 is 0 Å². The highest BCUT2D eigenvalue weighted by Gasteiger charge is 2.54. The van der Waals surface area contributed by atoms with E-state index < -0.39 is 41.6 Å². The van der Waals surface area contributed by atoms with E-state index in [9.17, 15) is 29.7 Å². The Morgan fingerprint density at radius 2 is 1.86 bits per heavy atom. The first-order chi connectivity index (χ1) is 16.8. The summed E-state index contributed by atoms with van der Waals surface area (Å²) >= 11 is 0. The molecule has 5 atom stereocenters. The Balaban J connectivity index is 1.60. The lowest BCUT2D eigenvalue weighted by atomic mass is 9.72. The third-order valence-electron chi connectivity index (χ3n) is 8.48. The van der Waals surface area contributed by atoms with E-state index in [1.807, 2.05) is 6.92 Å². The van der Waals surface area contributed by atoms with Gasteiger partial charge in [0.25, 0.3) is 0 Å². The molecule has 1 heterocycles. The average Bonchev–Trinajstić information content (AvgIpc) is 3.38. The van der Waals surface area contributed by atoms with Crippen molar-refractivity contribution in [3.63, 3.8) is 0 Å². The van der Waals surface area contributed by atoms with Crippen LogP contribution in [-0.4, -0.2) is 68.3 Å². The number of aromatic hydroxyl groups is 2. The van der Waals surface area contributed by atoms with Crippen LogP contribution in [0.15, 0.2) is 18.2 Å². The molecule has 1 saturated carbocycles. The number of hydrogen-bond donors (Lipinski definition) is 4. The first-order valence-corrected chi connectivity index (χ1v) is 12.8. The summed E-state index contributed by atoms with van der Waals surface area (Å²) in [7, 11) is 0. The van der Waals surface area contributed by atoms with Crippen molar-refractivity contribution in [1.82, 2.24) is 10.2 Å². The summed E-state index contributed by atoms with van der Waals surface area (Å²) in [5.41, 5.74) is -0.325. The van der Waals surface area contributed by atoms with E-state index in [1.165, 1.54) is 30.0 Å². The third kappa shape index (κ3) is 5.45.